The molecule has 0 fully saturated rings. The van der Waals surface area contributed by atoms with Crippen molar-refractivity contribution in [2.45, 2.75) is 18.7 Å². The fourth-order valence-corrected chi connectivity index (χ4v) is 2.81. The zero-order valence-electron chi connectivity index (χ0n) is 10.3. The predicted octanol–water partition coefficient (Wildman–Crippen LogP) is 3.53. The lowest BCUT2D eigenvalue weighted by molar-refractivity contribution is 0.643. The van der Waals surface area contributed by atoms with E-state index in [0.717, 1.165) is 44.3 Å². The van der Waals surface area contributed by atoms with Crippen molar-refractivity contribution in [1.29, 1.82) is 0 Å². The third-order valence-corrected chi connectivity index (χ3v) is 4.03. The second-order valence-electron chi connectivity index (χ2n) is 4.58. The van der Waals surface area contributed by atoms with Gasteiger partial charge in [-0.1, -0.05) is 0 Å². The first kappa shape index (κ1) is 11.3. The summed E-state index contributed by atoms with van der Waals surface area (Å²) in [6.07, 6.45) is 0. The lowest BCUT2D eigenvalue weighted by atomic mass is 9.99. The number of nitrogens with two attached hydrogens (primary N) is 2. The van der Waals surface area contributed by atoms with Crippen molar-refractivity contribution in [3.8, 4) is 16.9 Å². The molecule has 2 aromatic rings. The molecule has 2 aromatic carbocycles. The summed E-state index contributed by atoms with van der Waals surface area (Å²) in [5.41, 5.74) is 17.8. The third kappa shape index (κ3) is 1.61. The highest BCUT2D eigenvalue weighted by Gasteiger charge is 2.20. The van der Waals surface area contributed by atoms with Crippen molar-refractivity contribution in [2.75, 3.05) is 11.5 Å². The Bertz CT molecular complexity index is 595. The molecule has 0 aromatic heterocycles. The molecule has 4 N–H and O–H groups in total. The van der Waals surface area contributed by atoms with Gasteiger partial charge < -0.3 is 15.7 Å². The SMILES string of the molecule is Cc1cc2c(cc1N)OSc1cc(N)c(C)cc1-2. The van der Waals surface area contributed by atoms with Crippen LogP contribution in [0.15, 0.2) is 29.2 Å². The normalized spacial score (nSPS) is 12.6. The Labute approximate surface area is 110 Å². The number of hydrogen-bond acceptors (Lipinski definition) is 4. The van der Waals surface area contributed by atoms with Crippen LogP contribution in [0.2, 0.25) is 0 Å². The first-order valence-electron chi connectivity index (χ1n) is 5.71. The lowest BCUT2D eigenvalue weighted by Crippen LogP contribution is -2.01. The van der Waals surface area contributed by atoms with Gasteiger partial charge in [0, 0.05) is 28.6 Å². The van der Waals surface area contributed by atoms with E-state index >= 15 is 0 Å². The van der Waals surface area contributed by atoms with E-state index in [2.05, 4.69) is 12.1 Å². The van der Waals surface area contributed by atoms with Gasteiger partial charge in [0.25, 0.3) is 0 Å². The quantitative estimate of drug-likeness (QED) is 0.560. The van der Waals surface area contributed by atoms with E-state index in [4.69, 9.17) is 15.7 Å². The van der Waals surface area contributed by atoms with E-state index in [0.29, 0.717) is 0 Å². The molecule has 0 amide bonds. The molecule has 0 bridgehead atoms. The van der Waals surface area contributed by atoms with Crippen LogP contribution in [-0.2, 0) is 0 Å². The monoisotopic (exact) mass is 258 g/mol. The summed E-state index contributed by atoms with van der Waals surface area (Å²) < 4.78 is 5.66. The number of hydrogen-bond donors (Lipinski definition) is 2. The number of rotatable bonds is 0. The molecule has 3 rings (SSSR count). The van der Waals surface area contributed by atoms with Gasteiger partial charge in [0.05, 0.1) is 16.9 Å². The van der Waals surface area contributed by atoms with E-state index in [1.807, 2.05) is 26.0 Å². The molecule has 3 nitrogen and oxygen atoms in total. The Hall–Kier alpha value is -1.81. The maximum atomic E-state index is 5.93. The average molecular weight is 258 g/mol. The lowest BCUT2D eigenvalue weighted by Gasteiger charge is -2.21. The van der Waals surface area contributed by atoms with Crippen molar-refractivity contribution in [3.05, 3.63) is 35.4 Å². The first-order chi connectivity index (χ1) is 8.56. The second kappa shape index (κ2) is 3.85. The molecule has 0 spiro atoms. The summed E-state index contributed by atoms with van der Waals surface area (Å²) in [4.78, 5) is 1.05. The van der Waals surface area contributed by atoms with Crippen LogP contribution in [0.25, 0.3) is 11.1 Å². The van der Waals surface area contributed by atoms with Gasteiger partial charge in [0.1, 0.15) is 5.75 Å². The Morgan fingerprint density at radius 2 is 1.50 bits per heavy atom. The minimum absolute atomic E-state index is 0.755. The highest BCUT2D eigenvalue weighted by atomic mass is 32.2. The van der Waals surface area contributed by atoms with Gasteiger partial charge in [-0.15, -0.1) is 0 Å². The maximum Gasteiger partial charge on any atom is 0.147 e. The minimum Gasteiger partial charge on any atom is -0.420 e. The highest BCUT2D eigenvalue weighted by molar-refractivity contribution is 7.95. The Morgan fingerprint density at radius 1 is 0.889 bits per heavy atom. The molecule has 0 saturated heterocycles. The number of fused-ring (bicyclic) bond motifs is 3. The van der Waals surface area contributed by atoms with Crippen molar-refractivity contribution >= 4 is 23.4 Å². The Morgan fingerprint density at radius 3 is 2.22 bits per heavy atom. The molecule has 4 heteroatoms. The molecule has 92 valence electrons. The van der Waals surface area contributed by atoms with Gasteiger partial charge in [-0.3, -0.25) is 0 Å². The van der Waals surface area contributed by atoms with E-state index < -0.39 is 0 Å². The molecule has 0 aliphatic carbocycles. The standard InChI is InChI=1S/C14H14N2OS/c1-7-3-9-10-4-8(2)12(16)6-14(10)18-17-13(9)5-11(7)15/h3-6H,15-16H2,1-2H3. The number of aryl methyl sites for hydroxylation is 2. The van der Waals surface area contributed by atoms with E-state index in [9.17, 15) is 0 Å². The molecule has 0 radical (unpaired) electrons. The van der Waals surface area contributed by atoms with Crippen molar-refractivity contribution in [2.24, 2.45) is 0 Å². The Kier molecular flexibility index (Phi) is 2.41. The minimum atomic E-state index is 0.755. The van der Waals surface area contributed by atoms with Crippen LogP contribution < -0.4 is 15.7 Å². The maximum absolute atomic E-state index is 5.93. The summed E-state index contributed by atoms with van der Waals surface area (Å²) >= 11 is 1.33. The summed E-state index contributed by atoms with van der Waals surface area (Å²) in [5, 5.41) is 0. The van der Waals surface area contributed by atoms with Crippen LogP contribution in [0.1, 0.15) is 11.1 Å². The van der Waals surface area contributed by atoms with Gasteiger partial charge in [-0.2, -0.15) is 0 Å². The summed E-state index contributed by atoms with van der Waals surface area (Å²) in [6, 6.07) is 8.02. The fourth-order valence-electron chi connectivity index (χ4n) is 2.06. The Balaban J connectivity index is 2.28. The van der Waals surface area contributed by atoms with Crippen molar-refractivity contribution in [3.63, 3.8) is 0 Å². The highest BCUT2D eigenvalue weighted by Crippen LogP contribution is 2.46. The van der Waals surface area contributed by atoms with Crippen LogP contribution in [-0.4, -0.2) is 0 Å². The molecule has 18 heavy (non-hydrogen) atoms. The third-order valence-electron chi connectivity index (χ3n) is 3.25. The van der Waals surface area contributed by atoms with Gasteiger partial charge >= 0.3 is 0 Å². The molecular weight excluding hydrogens is 244 g/mol. The molecule has 0 unspecified atom stereocenters. The number of benzene rings is 2. The van der Waals surface area contributed by atoms with Crippen LogP contribution in [0.3, 0.4) is 0 Å². The summed E-state index contributed by atoms with van der Waals surface area (Å²) in [5.74, 6) is 0.819. The van der Waals surface area contributed by atoms with Crippen molar-refractivity contribution < 1.29 is 4.18 Å². The molecule has 1 heterocycles. The molecule has 1 aliphatic rings. The summed E-state index contributed by atoms with van der Waals surface area (Å²) in [6.45, 7) is 4.01. The zero-order chi connectivity index (χ0) is 12.9. The molecular formula is C14H14N2OS. The van der Waals surface area contributed by atoms with E-state index in [1.54, 1.807) is 0 Å². The number of anilines is 2. The molecule has 1 aliphatic heterocycles. The van der Waals surface area contributed by atoms with Gasteiger partial charge in [-0.05, 0) is 43.2 Å². The summed E-state index contributed by atoms with van der Waals surface area (Å²) in [7, 11) is 0. The van der Waals surface area contributed by atoms with E-state index in [1.165, 1.54) is 12.0 Å². The second-order valence-corrected chi connectivity index (χ2v) is 5.35. The molecule has 0 atom stereocenters. The van der Waals surface area contributed by atoms with E-state index in [-0.39, 0.29) is 0 Å². The predicted molar refractivity (Wildman–Crippen MR) is 76.7 cm³/mol. The van der Waals surface area contributed by atoms with Crippen molar-refractivity contribution in [1.82, 2.24) is 0 Å². The van der Waals surface area contributed by atoms with Gasteiger partial charge in [0.15, 0.2) is 0 Å². The molecule has 0 saturated carbocycles. The smallest absolute Gasteiger partial charge is 0.147 e. The van der Waals surface area contributed by atoms with Gasteiger partial charge in [-0.25, -0.2) is 0 Å². The van der Waals surface area contributed by atoms with Crippen LogP contribution in [0, 0.1) is 13.8 Å². The fraction of sp³-hybridized carbons (Fsp3) is 0.143. The van der Waals surface area contributed by atoms with Crippen LogP contribution >= 0.6 is 12.0 Å². The zero-order valence-corrected chi connectivity index (χ0v) is 11.1. The average Bonchev–Trinajstić information content (AvgIpc) is 2.33. The van der Waals surface area contributed by atoms with Gasteiger partial charge in [0.2, 0.25) is 0 Å². The first-order valence-corrected chi connectivity index (χ1v) is 6.45. The number of nitrogen functional groups attached to an aromatic ring is 2. The van der Waals surface area contributed by atoms with Crippen LogP contribution in [0.4, 0.5) is 11.4 Å². The van der Waals surface area contributed by atoms with Crippen LogP contribution in [0.5, 0.6) is 5.75 Å². The largest absolute Gasteiger partial charge is 0.420 e. The topological polar surface area (TPSA) is 61.3 Å².